The molecule has 0 fully saturated rings. The number of aromatic hydroxyl groups is 1. The lowest BCUT2D eigenvalue weighted by Crippen LogP contribution is -2.36. The third-order valence-corrected chi connectivity index (χ3v) is 2.14. The minimum Gasteiger partial charge on any atom is -0.508 e. The molecule has 0 aromatic heterocycles. The summed E-state index contributed by atoms with van der Waals surface area (Å²) in [4.78, 5) is 11.5. The van der Waals surface area contributed by atoms with Crippen LogP contribution in [0.2, 0.25) is 0 Å². The molecule has 1 atom stereocenters. The molecule has 1 aromatic rings. The molecule has 1 rings (SSSR count). The van der Waals surface area contributed by atoms with Gasteiger partial charge in [-0.05, 0) is 31.5 Å². The van der Waals surface area contributed by atoms with Crippen molar-refractivity contribution in [1.82, 2.24) is 5.32 Å². The molecule has 0 aliphatic heterocycles. The Labute approximate surface area is 101 Å². The molecule has 92 valence electrons. The summed E-state index contributed by atoms with van der Waals surface area (Å²) in [5.41, 5.74) is 0.874. The van der Waals surface area contributed by atoms with Crippen LogP contribution in [-0.4, -0.2) is 23.7 Å². The van der Waals surface area contributed by atoms with Gasteiger partial charge in [0.2, 0.25) is 0 Å². The van der Waals surface area contributed by atoms with Crippen molar-refractivity contribution in [2.24, 2.45) is 0 Å². The van der Waals surface area contributed by atoms with Crippen LogP contribution in [0.25, 0.3) is 0 Å². The van der Waals surface area contributed by atoms with E-state index in [4.69, 9.17) is 4.74 Å². The second-order valence-electron chi connectivity index (χ2n) is 3.80. The van der Waals surface area contributed by atoms with Gasteiger partial charge >= 0.3 is 0 Å². The lowest BCUT2D eigenvalue weighted by molar-refractivity contribution is -0.127. The van der Waals surface area contributed by atoms with E-state index in [9.17, 15) is 9.90 Å². The maximum Gasteiger partial charge on any atom is 0.261 e. The van der Waals surface area contributed by atoms with E-state index in [0.29, 0.717) is 12.3 Å². The normalized spacial score (nSPS) is 11.6. The van der Waals surface area contributed by atoms with E-state index in [-0.39, 0.29) is 11.7 Å². The first-order chi connectivity index (χ1) is 8.02. The Morgan fingerprint density at radius 1 is 1.59 bits per heavy atom. The van der Waals surface area contributed by atoms with E-state index in [1.165, 1.54) is 6.07 Å². The molecule has 0 aliphatic rings. The van der Waals surface area contributed by atoms with Crippen LogP contribution in [0.5, 0.6) is 11.5 Å². The predicted molar refractivity (Wildman–Crippen MR) is 66.1 cm³/mol. The molecule has 2 N–H and O–H groups in total. The van der Waals surface area contributed by atoms with Gasteiger partial charge in [0, 0.05) is 12.6 Å². The molecule has 17 heavy (non-hydrogen) atoms. The zero-order valence-electron chi connectivity index (χ0n) is 10.1. The highest BCUT2D eigenvalue weighted by molar-refractivity contribution is 5.80. The van der Waals surface area contributed by atoms with E-state index in [0.717, 1.165) is 5.56 Å². The van der Waals surface area contributed by atoms with Crippen LogP contribution in [0.15, 0.2) is 30.9 Å². The van der Waals surface area contributed by atoms with Crippen LogP contribution in [0.4, 0.5) is 0 Å². The summed E-state index contributed by atoms with van der Waals surface area (Å²) in [5.74, 6) is 0.383. The number of hydrogen-bond acceptors (Lipinski definition) is 3. The molecular formula is C13H17NO3. The molecule has 0 saturated carbocycles. The van der Waals surface area contributed by atoms with Gasteiger partial charge in [-0.15, -0.1) is 6.58 Å². The molecule has 0 saturated heterocycles. The van der Waals surface area contributed by atoms with Crippen molar-refractivity contribution < 1.29 is 14.6 Å². The molecule has 0 radical (unpaired) electrons. The molecule has 4 nitrogen and oxygen atoms in total. The fourth-order valence-corrected chi connectivity index (χ4v) is 1.37. The summed E-state index contributed by atoms with van der Waals surface area (Å²) in [6.07, 6.45) is 0.986. The highest BCUT2D eigenvalue weighted by Gasteiger charge is 2.13. The second kappa shape index (κ2) is 5.94. The summed E-state index contributed by atoms with van der Waals surface area (Å²) in [5, 5.41) is 12.0. The summed E-state index contributed by atoms with van der Waals surface area (Å²) >= 11 is 0. The van der Waals surface area contributed by atoms with Crippen LogP contribution < -0.4 is 10.1 Å². The van der Waals surface area contributed by atoms with E-state index >= 15 is 0 Å². The van der Waals surface area contributed by atoms with Gasteiger partial charge in [-0.1, -0.05) is 6.08 Å². The molecule has 0 bridgehead atoms. The van der Waals surface area contributed by atoms with Crippen molar-refractivity contribution in [1.29, 1.82) is 0 Å². The average Bonchev–Trinajstić information content (AvgIpc) is 2.24. The third-order valence-electron chi connectivity index (χ3n) is 2.14. The molecule has 1 amide bonds. The van der Waals surface area contributed by atoms with Gasteiger partial charge < -0.3 is 15.2 Å². The standard InChI is InChI=1S/C13H17NO3/c1-4-5-14-13(16)10(3)17-12-7-9(2)6-11(15)8-12/h4,6-8,10,15H,1,5H2,2-3H3,(H,14,16). The van der Waals surface area contributed by atoms with Gasteiger partial charge in [0.25, 0.3) is 5.91 Å². The fourth-order valence-electron chi connectivity index (χ4n) is 1.37. The van der Waals surface area contributed by atoms with Crippen molar-refractivity contribution in [3.63, 3.8) is 0 Å². The number of nitrogens with one attached hydrogen (secondary N) is 1. The first-order valence-electron chi connectivity index (χ1n) is 5.39. The zero-order chi connectivity index (χ0) is 12.8. The molecule has 1 unspecified atom stereocenters. The Morgan fingerprint density at radius 2 is 2.29 bits per heavy atom. The fraction of sp³-hybridized carbons (Fsp3) is 0.308. The van der Waals surface area contributed by atoms with E-state index in [1.807, 2.05) is 6.92 Å². The maximum atomic E-state index is 11.5. The van der Waals surface area contributed by atoms with Crippen LogP contribution >= 0.6 is 0 Å². The minimum absolute atomic E-state index is 0.124. The van der Waals surface area contributed by atoms with Crippen molar-refractivity contribution in [2.45, 2.75) is 20.0 Å². The number of phenols is 1. The smallest absolute Gasteiger partial charge is 0.261 e. The first-order valence-corrected chi connectivity index (χ1v) is 5.39. The number of rotatable bonds is 5. The van der Waals surface area contributed by atoms with Crippen molar-refractivity contribution >= 4 is 5.91 Å². The Morgan fingerprint density at radius 3 is 2.88 bits per heavy atom. The molecule has 0 aliphatic carbocycles. The number of aryl methyl sites for hydroxylation is 1. The van der Waals surface area contributed by atoms with Crippen LogP contribution in [0, 0.1) is 6.92 Å². The number of benzene rings is 1. The van der Waals surface area contributed by atoms with Gasteiger partial charge in [-0.2, -0.15) is 0 Å². The Balaban J connectivity index is 2.63. The summed E-state index contributed by atoms with van der Waals surface area (Å²) in [6, 6.07) is 4.86. The highest BCUT2D eigenvalue weighted by Crippen LogP contribution is 2.22. The van der Waals surface area contributed by atoms with Crippen molar-refractivity contribution in [3.8, 4) is 11.5 Å². The summed E-state index contributed by atoms with van der Waals surface area (Å²) in [6.45, 7) is 7.41. The second-order valence-corrected chi connectivity index (χ2v) is 3.80. The zero-order valence-corrected chi connectivity index (χ0v) is 10.1. The lowest BCUT2D eigenvalue weighted by atomic mass is 10.2. The lowest BCUT2D eigenvalue weighted by Gasteiger charge is -2.14. The molecule has 4 heteroatoms. The van der Waals surface area contributed by atoms with Crippen LogP contribution in [0.1, 0.15) is 12.5 Å². The van der Waals surface area contributed by atoms with Gasteiger partial charge in [0.15, 0.2) is 6.10 Å². The molecule has 0 heterocycles. The van der Waals surface area contributed by atoms with Gasteiger partial charge in [-0.3, -0.25) is 4.79 Å². The monoisotopic (exact) mass is 235 g/mol. The van der Waals surface area contributed by atoms with Crippen molar-refractivity contribution in [3.05, 3.63) is 36.4 Å². The molecule has 0 spiro atoms. The Bertz CT molecular complexity index is 395. The first kappa shape index (κ1) is 13.1. The average molecular weight is 235 g/mol. The number of ether oxygens (including phenoxy) is 1. The predicted octanol–water partition coefficient (Wildman–Crippen LogP) is 1.77. The van der Waals surface area contributed by atoms with Gasteiger partial charge in [-0.25, -0.2) is 0 Å². The SMILES string of the molecule is C=CCNC(=O)C(C)Oc1cc(C)cc(O)c1. The third kappa shape index (κ3) is 4.18. The number of phenolic OH excluding ortho intramolecular Hbond substituents is 1. The number of amides is 1. The summed E-state index contributed by atoms with van der Waals surface area (Å²) < 4.78 is 5.43. The quantitative estimate of drug-likeness (QED) is 0.765. The van der Waals surface area contributed by atoms with Crippen LogP contribution in [-0.2, 0) is 4.79 Å². The topological polar surface area (TPSA) is 58.6 Å². The Hall–Kier alpha value is -1.97. The Kier molecular flexibility index (Phi) is 4.57. The van der Waals surface area contributed by atoms with Crippen molar-refractivity contribution in [2.75, 3.05) is 6.54 Å². The number of hydrogen-bond donors (Lipinski definition) is 2. The summed E-state index contributed by atoms with van der Waals surface area (Å²) in [7, 11) is 0. The highest BCUT2D eigenvalue weighted by atomic mass is 16.5. The van der Waals surface area contributed by atoms with E-state index in [1.54, 1.807) is 25.1 Å². The van der Waals surface area contributed by atoms with E-state index in [2.05, 4.69) is 11.9 Å². The van der Waals surface area contributed by atoms with Crippen LogP contribution in [0.3, 0.4) is 0 Å². The largest absolute Gasteiger partial charge is 0.508 e. The number of carbonyl (C=O) groups is 1. The van der Waals surface area contributed by atoms with Gasteiger partial charge in [0.1, 0.15) is 11.5 Å². The van der Waals surface area contributed by atoms with E-state index < -0.39 is 6.10 Å². The van der Waals surface area contributed by atoms with Gasteiger partial charge in [0.05, 0.1) is 0 Å². The molecular weight excluding hydrogens is 218 g/mol. The molecule has 1 aromatic carbocycles. The minimum atomic E-state index is -0.615. The maximum absolute atomic E-state index is 11.5. The number of carbonyl (C=O) groups excluding carboxylic acids is 1.